The zero-order valence-corrected chi connectivity index (χ0v) is 14.2. The molecule has 0 spiro atoms. The van der Waals surface area contributed by atoms with Crippen LogP contribution in [0.25, 0.3) is 0 Å². The van der Waals surface area contributed by atoms with Gasteiger partial charge in [0.15, 0.2) is 0 Å². The van der Waals surface area contributed by atoms with Crippen LogP contribution in [0.15, 0.2) is 46.4 Å². The van der Waals surface area contributed by atoms with E-state index in [1.165, 1.54) is 6.07 Å². The van der Waals surface area contributed by atoms with Crippen molar-refractivity contribution in [2.45, 2.75) is 27.2 Å². The normalized spacial score (nSPS) is 12.5. The van der Waals surface area contributed by atoms with Gasteiger partial charge in [-0.15, -0.1) is 0 Å². The third kappa shape index (κ3) is 4.73. The van der Waals surface area contributed by atoms with E-state index in [-0.39, 0.29) is 18.1 Å². The summed E-state index contributed by atoms with van der Waals surface area (Å²) in [5, 5.41) is 9.12. The molecule has 0 saturated heterocycles. The van der Waals surface area contributed by atoms with Gasteiger partial charge in [0, 0.05) is 6.42 Å². The predicted molar refractivity (Wildman–Crippen MR) is 96.6 cm³/mol. The highest BCUT2D eigenvalue weighted by Crippen LogP contribution is 2.20. The van der Waals surface area contributed by atoms with E-state index in [1.54, 1.807) is 12.1 Å². The van der Waals surface area contributed by atoms with Crippen molar-refractivity contribution in [1.82, 2.24) is 0 Å². The molecule has 0 radical (unpaired) electrons. The maximum absolute atomic E-state index is 14.1. The summed E-state index contributed by atoms with van der Waals surface area (Å²) in [6, 6.07) is 10.9. The lowest BCUT2D eigenvalue weighted by Gasteiger charge is -2.08. The molecule has 0 unspecified atom stereocenters. The lowest BCUT2D eigenvalue weighted by molar-refractivity contribution is 0.356. The molecule has 0 aliphatic rings. The van der Waals surface area contributed by atoms with Crippen molar-refractivity contribution in [1.29, 1.82) is 0 Å². The third-order valence-electron chi connectivity index (χ3n) is 3.64. The average molecular weight is 327 g/mol. The molecule has 0 atom stereocenters. The molecule has 0 amide bonds. The number of aliphatic hydroxyl groups excluding tert-OH is 1. The molecule has 2 aromatic carbocycles. The molecular weight excluding hydrogens is 305 g/mol. The highest BCUT2D eigenvalue weighted by atomic mass is 19.1. The fourth-order valence-electron chi connectivity index (χ4n) is 2.31. The summed E-state index contributed by atoms with van der Waals surface area (Å²) in [5.74, 6) is -0.00388. The molecule has 5 heteroatoms. The molecule has 0 aliphatic carbocycles. The number of nitrogens with two attached hydrogens (primary N) is 1. The van der Waals surface area contributed by atoms with Crippen molar-refractivity contribution in [3.8, 4) is 0 Å². The molecule has 4 nitrogen and oxygen atoms in total. The zero-order valence-electron chi connectivity index (χ0n) is 14.2. The first-order valence-corrected chi connectivity index (χ1v) is 7.73. The predicted octanol–water partition coefficient (Wildman–Crippen LogP) is 3.37. The largest absolute Gasteiger partial charge is 0.388 e. The molecular formula is C19H22FN3O. The van der Waals surface area contributed by atoms with E-state index in [1.807, 2.05) is 39.0 Å². The second-order valence-corrected chi connectivity index (χ2v) is 5.85. The number of aliphatic hydroxyl groups is 1. The van der Waals surface area contributed by atoms with Gasteiger partial charge in [0.1, 0.15) is 29.8 Å². The Hall–Kier alpha value is -2.53. The average Bonchev–Trinajstić information content (AvgIpc) is 2.53. The summed E-state index contributed by atoms with van der Waals surface area (Å²) >= 11 is 0. The number of rotatable bonds is 4. The van der Waals surface area contributed by atoms with Gasteiger partial charge in [0.2, 0.25) is 0 Å². The molecule has 126 valence electrons. The molecule has 24 heavy (non-hydrogen) atoms. The van der Waals surface area contributed by atoms with E-state index >= 15 is 0 Å². The number of amidine groups is 2. The topological polar surface area (TPSA) is 71.0 Å². The quantitative estimate of drug-likeness (QED) is 0.667. The summed E-state index contributed by atoms with van der Waals surface area (Å²) < 4.78 is 14.1. The van der Waals surface area contributed by atoms with Crippen LogP contribution in [-0.4, -0.2) is 23.4 Å². The molecule has 2 aromatic rings. The van der Waals surface area contributed by atoms with Gasteiger partial charge in [-0.05, 0) is 49.6 Å². The third-order valence-corrected chi connectivity index (χ3v) is 3.64. The number of benzene rings is 2. The molecule has 0 heterocycles. The molecule has 0 bridgehead atoms. The number of aliphatic imine (C=N–C) groups is 2. The van der Waals surface area contributed by atoms with Crippen molar-refractivity contribution in [2.75, 3.05) is 6.61 Å². The highest BCUT2D eigenvalue weighted by Gasteiger charge is 2.08. The van der Waals surface area contributed by atoms with Crippen LogP contribution in [0.2, 0.25) is 0 Å². The summed E-state index contributed by atoms with van der Waals surface area (Å²) in [7, 11) is 0. The monoisotopic (exact) mass is 327 g/mol. The van der Waals surface area contributed by atoms with E-state index < -0.39 is 5.82 Å². The fraction of sp³-hybridized carbons (Fsp3) is 0.263. The second-order valence-electron chi connectivity index (χ2n) is 5.85. The van der Waals surface area contributed by atoms with Crippen LogP contribution in [0.1, 0.15) is 22.3 Å². The van der Waals surface area contributed by atoms with Crippen molar-refractivity contribution < 1.29 is 9.50 Å². The molecule has 2 rings (SSSR count). The SMILES string of the molecule is Cc1ccc(N=C(Cc2cc(C)ccc2C)N=C(N)CO)c(F)c1. The number of nitrogens with zero attached hydrogens (tertiary/aromatic N) is 2. The van der Waals surface area contributed by atoms with E-state index in [0.717, 1.165) is 22.3 Å². The van der Waals surface area contributed by atoms with Crippen LogP contribution in [0, 0.1) is 26.6 Å². The fourth-order valence-corrected chi connectivity index (χ4v) is 2.31. The summed E-state index contributed by atoms with van der Waals surface area (Å²) in [6.07, 6.45) is 0.404. The van der Waals surface area contributed by atoms with E-state index in [4.69, 9.17) is 10.8 Å². The van der Waals surface area contributed by atoms with Gasteiger partial charge in [0.25, 0.3) is 0 Å². The Morgan fingerprint density at radius 3 is 2.42 bits per heavy atom. The standard InChI is InChI=1S/C19H22FN3O/c1-12-4-6-14(3)15(8-12)10-19(23-18(21)11-24)22-17-7-5-13(2)9-16(17)20/h4-9,24H,10-11H2,1-3H3,(H2,21,22,23). The van der Waals surface area contributed by atoms with Crippen LogP contribution in [0.4, 0.5) is 10.1 Å². The Balaban J connectivity index is 2.44. The van der Waals surface area contributed by atoms with Gasteiger partial charge in [-0.1, -0.05) is 29.8 Å². The lowest BCUT2D eigenvalue weighted by atomic mass is 10.0. The smallest absolute Gasteiger partial charge is 0.149 e. The summed E-state index contributed by atoms with van der Waals surface area (Å²) in [5.41, 5.74) is 9.91. The van der Waals surface area contributed by atoms with Gasteiger partial charge >= 0.3 is 0 Å². The van der Waals surface area contributed by atoms with Crippen LogP contribution < -0.4 is 5.73 Å². The van der Waals surface area contributed by atoms with Crippen molar-refractivity contribution in [3.05, 3.63) is 64.5 Å². The van der Waals surface area contributed by atoms with Crippen molar-refractivity contribution >= 4 is 17.4 Å². The Bertz CT molecular complexity index is 797. The summed E-state index contributed by atoms with van der Waals surface area (Å²) in [6.45, 7) is 5.44. The lowest BCUT2D eigenvalue weighted by Crippen LogP contribution is -2.19. The minimum absolute atomic E-state index is 0.0478. The molecule has 3 N–H and O–H groups in total. The van der Waals surface area contributed by atoms with Crippen molar-refractivity contribution in [3.63, 3.8) is 0 Å². The van der Waals surface area contributed by atoms with E-state index in [9.17, 15) is 4.39 Å². The van der Waals surface area contributed by atoms with Gasteiger partial charge in [0.05, 0.1) is 0 Å². The molecule has 0 aromatic heterocycles. The second kappa shape index (κ2) is 7.84. The van der Waals surface area contributed by atoms with Gasteiger partial charge in [-0.2, -0.15) is 0 Å². The Kier molecular flexibility index (Phi) is 5.82. The minimum Gasteiger partial charge on any atom is -0.388 e. The highest BCUT2D eigenvalue weighted by molar-refractivity contribution is 5.98. The van der Waals surface area contributed by atoms with E-state index in [2.05, 4.69) is 9.98 Å². The van der Waals surface area contributed by atoms with E-state index in [0.29, 0.717) is 12.3 Å². The Morgan fingerprint density at radius 2 is 1.75 bits per heavy atom. The number of hydrogen-bond acceptors (Lipinski definition) is 2. The first-order valence-electron chi connectivity index (χ1n) is 7.73. The van der Waals surface area contributed by atoms with Gasteiger partial charge in [-0.3, -0.25) is 0 Å². The molecule has 0 fully saturated rings. The van der Waals surface area contributed by atoms with Gasteiger partial charge < -0.3 is 10.8 Å². The maximum atomic E-state index is 14.1. The Morgan fingerprint density at radius 1 is 1.08 bits per heavy atom. The van der Waals surface area contributed by atoms with Crippen LogP contribution in [0.3, 0.4) is 0 Å². The maximum Gasteiger partial charge on any atom is 0.149 e. The number of hydrogen-bond donors (Lipinski definition) is 2. The Labute approximate surface area is 141 Å². The zero-order chi connectivity index (χ0) is 17.7. The van der Waals surface area contributed by atoms with Crippen LogP contribution >= 0.6 is 0 Å². The first kappa shape index (κ1) is 17.8. The molecule has 0 aliphatic heterocycles. The minimum atomic E-state index is -0.411. The van der Waals surface area contributed by atoms with Gasteiger partial charge in [-0.25, -0.2) is 14.4 Å². The van der Waals surface area contributed by atoms with Crippen LogP contribution in [0.5, 0.6) is 0 Å². The van der Waals surface area contributed by atoms with Crippen molar-refractivity contribution in [2.24, 2.45) is 15.7 Å². The van der Waals surface area contributed by atoms with Crippen LogP contribution in [-0.2, 0) is 6.42 Å². The number of halogens is 1. The first-order chi connectivity index (χ1) is 11.4. The number of aryl methyl sites for hydroxylation is 3. The summed E-state index contributed by atoms with van der Waals surface area (Å²) in [4.78, 5) is 8.46. The molecule has 0 saturated carbocycles.